The van der Waals surface area contributed by atoms with Crippen molar-refractivity contribution < 1.29 is 13.2 Å². The number of nitrogens with one attached hydrogen (secondary N) is 1. The van der Waals surface area contributed by atoms with Gasteiger partial charge in [0.05, 0.1) is 5.56 Å². The molecule has 0 aliphatic carbocycles. The molecule has 3 rings (SSSR count). The van der Waals surface area contributed by atoms with Gasteiger partial charge >= 0.3 is 6.18 Å². The minimum absolute atomic E-state index is 0.282. The molecule has 122 valence electrons. The number of benzene rings is 2. The van der Waals surface area contributed by atoms with Crippen LogP contribution in [0.1, 0.15) is 24.0 Å². The summed E-state index contributed by atoms with van der Waals surface area (Å²) >= 11 is 0. The van der Waals surface area contributed by atoms with Gasteiger partial charge in [-0.3, -0.25) is 0 Å². The van der Waals surface area contributed by atoms with Gasteiger partial charge < -0.3 is 5.32 Å². The summed E-state index contributed by atoms with van der Waals surface area (Å²) in [4.78, 5) is 0. The van der Waals surface area contributed by atoms with Crippen LogP contribution in [-0.4, -0.2) is 13.1 Å². The predicted octanol–water partition coefficient (Wildman–Crippen LogP) is 4.91. The molecule has 0 amide bonds. The van der Waals surface area contributed by atoms with E-state index in [0.29, 0.717) is 11.5 Å². The third-order valence-corrected chi connectivity index (χ3v) is 4.46. The van der Waals surface area contributed by atoms with Crippen molar-refractivity contribution in [3.63, 3.8) is 0 Å². The number of piperidine rings is 1. The molecule has 1 fully saturated rings. The summed E-state index contributed by atoms with van der Waals surface area (Å²) in [7, 11) is 0. The maximum absolute atomic E-state index is 13.3. The molecule has 2 aromatic rings. The van der Waals surface area contributed by atoms with Gasteiger partial charge in [0.25, 0.3) is 0 Å². The van der Waals surface area contributed by atoms with Crippen molar-refractivity contribution in [3.8, 4) is 11.1 Å². The molecule has 1 heterocycles. The molecule has 23 heavy (non-hydrogen) atoms. The lowest BCUT2D eigenvalue weighted by Crippen LogP contribution is -2.28. The Bertz CT molecular complexity index is 643. The maximum atomic E-state index is 13.3. The second kappa shape index (κ2) is 6.75. The normalized spacial score (nSPS) is 16.5. The Morgan fingerprint density at radius 2 is 1.65 bits per heavy atom. The molecule has 2 aromatic carbocycles. The molecule has 0 aromatic heterocycles. The van der Waals surface area contributed by atoms with Crippen molar-refractivity contribution in [2.75, 3.05) is 13.1 Å². The Hall–Kier alpha value is -1.81. The van der Waals surface area contributed by atoms with E-state index in [9.17, 15) is 13.2 Å². The maximum Gasteiger partial charge on any atom is 0.417 e. The van der Waals surface area contributed by atoms with E-state index in [-0.39, 0.29) is 5.56 Å². The molecular formula is C19H20F3N. The van der Waals surface area contributed by atoms with E-state index < -0.39 is 11.7 Å². The zero-order valence-electron chi connectivity index (χ0n) is 12.9. The first-order chi connectivity index (χ1) is 11.0. The summed E-state index contributed by atoms with van der Waals surface area (Å²) in [6.07, 6.45) is -1.32. The van der Waals surface area contributed by atoms with Crippen LogP contribution in [0.5, 0.6) is 0 Å². The molecule has 0 bridgehead atoms. The van der Waals surface area contributed by atoms with Crippen LogP contribution in [0.15, 0.2) is 48.5 Å². The molecule has 1 N–H and O–H groups in total. The van der Waals surface area contributed by atoms with Crippen LogP contribution in [0.4, 0.5) is 13.2 Å². The van der Waals surface area contributed by atoms with Gasteiger partial charge in [-0.2, -0.15) is 13.2 Å². The van der Waals surface area contributed by atoms with Gasteiger partial charge in [0.1, 0.15) is 0 Å². The van der Waals surface area contributed by atoms with Crippen LogP contribution in [0, 0.1) is 5.92 Å². The lowest BCUT2D eigenvalue weighted by molar-refractivity contribution is -0.137. The number of alkyl halides is 3. The first-order valence-corrected chi connectivity index (χ1v) is 8.00. The fourth-order valence-electron chi connectivity index (χ4n) is 3.24. The smallest absolute Gasteiger partial charge is 0.317 e. The Morgan fingerprint density at radius 3 is 2.30 bits per heavy atom. The summed E-state index contributed by atoms with van der Waals surface area (Å²) in [5, 5.41) is 3.32. The molecule has 0 saturated carbocycles. The van der Waals surface area contributed by atoms with Crippen LogP contribution in [0.2, 0.25) is 0 Å². The van der Waals surface area contributed by atoms with Crippen LogP contribution in [0.25, 0.3) is 11.1 Å². The van der Waals surface area contributed by atoms with Gasteiger partial charge in [-0.05, 0) is 61.0 Å². The quantitative estimate of drug-likeness (QED) is 0.847. The van der Waals surface area contributed by atoms with E-state index in [1.165, 1.54) is 6.07 Å². The van der Waals surface area contributed by atoms with Gasteiger partial charge in [-0.15, -0.1) is 0 Å². The zero-order valence-corrected chi connectivity index (χ0v) is 12.9. The van der Waals surface area contributed by atoms with E-state index >= 15 is 0 Å². The van der Waals surface area contributed by atoms with Gasteiger partial charge in [-0.1, -0.05) is 42.5 Å². The first-order valence-electron chi connectivity index (χ1n) is 8.00. The average molecular weight is 319 g/mol. The third kappa shape index (κ3) is 3.94. The Morgan fingerprint density at radius 1 is 0.957 bits per heavy atom. The molecule has 1 aliphatic heterocycles. The van der Waals surface area contributed by atoms with Crippen molar-refractivity contribution in [1.82, 2.24) is 5.32 Å². The number of rotatable bonds is 3. The first kappa shape index (κ1) is 16.1. The number of halogens is 3. The van der Waals surface area contributed by atoms with Crippen molar-refractivity contribution in [1.29, 1.82) is 0 Å². The average Bonchev–Trinajstić information content (AvgIpc) is 2.55. The van der Waals surface area contributed by atoms with Gasteiger partial charge in [-0.25, -0.2) is 0 Å². The third-order valence-electron chi connectivity index (χ3n) is 4.46. The van der Waals surface area contributed by atoms with Gasteiger partial charge in [0.2, 0.25) is 0 Å². The highest BCUT2D eigenvalue weighted by atomic mass is 19.4. The van der Waals surface area contributed by atoms with Crippen molar-refractivity contribution in [2.24, 2.45) is 5.92 Å². The highest BCUT2D eigenvalue weighted by Crippen LogP contribution is 2.38. The SMILES string of the molecule is FC(F)(F)c1ccc(CC2CCNCC2)cc1-c1ccccc1. The van der Waals surface area contributed by atoms with Crippen molar-refractivity contribution in [3.05, 3.63) is 59.7 Å². The van der Waals surface area contributed by atoms with Crippen LogP contribution in [-0.2, 0) is 12.6 Å². The Labute approximate surface area is 134 Å². The van der Waals surface area contributed by atoms with E-state index in [1.54, 1.807) is 36.4 Å². The lowest BCUT2D eigenvalue weighted by atomic mass is 9.88. The molecule has 1 saturated heterocycles. The van der Waals surface area contributed by atoms with Crippen LogP contribution >= 0.6 is 0 Å². The molecule has 0 unspecified atom stereocenters. The number of hydrogen-bond acceptors (Lipinski definition) is 1. The predicted molar refractivity (Wildman–Crippen MR) is 86.2 cm³/mol. The fraction of sp³-hybridized carbons (Fsp3) is 0.368. The van der Waals surface area contributed by atoms with Crippen molar-refractivity contribution in [2.45, 2.75) is 25.4 Å². The fourth-order valence-corrected chi connectivity index (χ4v) is 3.24. The standard InChI is InChI=1S/C19H20F3N/c20-19(21,22)18-7-6-15(12-14-8-10-23-11-9-14)13-17(18)16-4-2-1-3-5-16/h1-7,13-14,23H,8-12H2. The Balaban J connectivity index is 1.94. The van der Waals surface area contributed by atoms with Crippen molar-refractivity contribution >= 4 is 0 Å². The summed E-state index contributed by atoms with van der Waals surface area (Å²) in [5.74, 6) is 0.552. The van der Waals surface area contributed by atoms with Crippen LogP contribution < -0.4 is 5.32 Å². The molecular weight excluding hydrogens is 299 g/mol. The van der Waals surface area contributed by atoms with Gasteiger partial charge in [0, 0.05) is 0 Å². The summed E-state index contributed by atoms with van der Waals surface area (Å²) in [5.41, 5.74) is 1.33. The second-order valence-corrected chi connectivity index (χ2v) is 6.14. The molecule has 0 spiro atoms. The highest BCUT2D eigenvalue weighted by Gasteiger charge is 2.33. The second-order valence-electron chi connectivity index (χ2n) is 6.14. The van der Waals surface area contributed by atoms with E-state index in [2.05, 4.69) is 5.32 Å². The molecule has 0 atom stereocenters. The topological polar surface area (TPSA) is 12.0 Å². The minimum atomic E-state index is -4.33. The van der Waals surface area contributed by atoms with Crippen LogP contribution in [0.3, 0.4) is 0 Å². The molecule has 4 heteroatoms. The largest absolute Gasteiger partial charge is 0.417 e. The molecule has 0 radical (unpaired) electrons. The monoisotopic (exact) mass is 319 g/mol. The van der Waals surface area contributed by atoms with E-state index in [0.717, 1.165) is 37.9 Å². The lowest BCUT2D eigenvalue weighted by Gasteiger charge is -2.23. The van der Waals surface area contributed by atoms with E-state index in [4.69, 9.17) is 0 Å². The summed E-state index contributed by atoms with van der Waals surface area (Å²) in [6.45, 7) is 1.99. The highest BCUT2D eigenvalue weighted by molar-refractivity contribution is 5.68. The Kier molecular flexibility index (Phi) is 4.71. The molecule has 1 nitrogen and oxygen atoms in total. The summed E-state index contributed by atoms with van der Waals surface area (Å²) in [6, 6.07) is 13.4. The number of hydrogen-bond donors (Lipinski definition) is 1. The molecule has 1 aliphatic rings. The summed E-state index contributed by atoms with van der Waals surface area (Å²) < 4.78 is 39.9. The minimum Gasteiger partial charge on any atom is -0.317 e. The van der Waals surface area contributed by atoms with Gasteiger partial charge in [0.15, 0.2) is 0 Å². The zero-order chi connectivity index (χ0) is 16.3. The van der Waals surface area contributed by atoms with E-state index in [1.807, 2.05) is 6.07 Å².